The van der Waals surface area contributed by atoms with E-state index < -0.39 is 0 Å². The first kappa shape index (κ1) is 22.8. The van der Waals surface area contributed by atoms with Gasteiger partial charge in [-0.3, -0.25) is 0 Å². The van der Waals surface area contributed by atoms with E-state index in [0.717, 1.165) is 35.9 Å². The van der Waals surface area contributed by atoms with Crippen LogP contribution in [0.15, 0.2) is 48.5 Å². The number of aryl methyl sites for hydroxylation is 3. The fraction of sp³-hybridized carbons (Fsp3) is 0.370. The fourth-order valence-corrected chi connectivity index (χ4v) is 4.17. The number of nitrogens with one attached hydrogen (secondary N) is 1. The molecule has 4 rings (SSSR count). The molecule has 1 saturated heterocycles. The highest BCUT2D eigenvalue weighted by Crippen LogP contribution is 2.26. The highest BCUT2D eigenvalue weighted by molar-refractivity contribution is 5.89. The minimum Gasteiger partial charge on any atom is -0.352 e. The minimum atomic E-state index is -0.0569. The number of carbonyl (C=O) groups is 1. The molecule has 6 nitrogen and oxygen atoms in total. The number of hydrogen-bond acceptors (Lipinski definition) is 4. The topological polar surface area (TPSA) is 61.4 Å². The molecule has 2 aromatic carbocycles. The molecule has 1 aromatic heterocycles. The predicted molar refractivity (Wildman–Crippen MR) is 135 cm³/mol. The van der Waals surface area contributed by atoms with Crippen LogP contribution in [0.25, 0.3) is 11.3 Å². The van der Waals surface area contributed by atoms with Crippen LogP contribution in [0.4, 0.5) is 16.3 Å². The molecular formula is C27H33N5O. The average molecular weight is 444 g/mol. The van der Waals surface area contributed by atoms with E-state index in [-0.39, 0.29) is 6.03 Å². The first-order valence-electron chi connectivity index (χ1n) is 11.6. The summed E-state index contributed by atoms with van der Waals surface area (Å²) < 4.78 is 0. The number of nitrogens with zero attached hydrogens (tertiary/aromatic N) is 4. The number of hydrogen-bond donors (Lipinski definition) is 1. The van der Waals surface area contributed by atoms with Gasteiger partial charge in [0.05, 0.1) is 5.69 Å². The van der Waals surface area contributed by atoms with E-state index in [0.29, 0.717) is 19.0 Å². The van der Waals surface area contributed by atoms with Gasteiger partial charge in [-0.05, 0) is 79.3 Å². The second-order valence-corrected chi connectivity index (χ2v) is 9.21. The van der Waals surface area contributed by atoms with Gasteiger partial charge in [0.25, 0.3) is 0 Å². The van der Waals surface area contributed by atoms with Gasteiger partial charge in [-0.15, -0.1) is 10.2 Å². The Labute approximate surface area is 196 Å². The molecule has 0 radical (unpaired) electrons. The van der Waals surface area contributed by atoms with Gasteiger partial charge in [-0.25, -0.2) is 4.79 Å². The third-order valence-electron chi connectivity index (χ3n) is 6.49. The molecule has 0 saturated carbocycles. The zero-order valence-electron chi connectivity index (χ0n) is 20.2. The normalized spacial score (nSPS) is 14.0. The number of rotatable bonds is 4. The maximum Gasteiger partial charge on any atom is 0.321 e. The van der Waals surface area contributed by atoms with Crippen LogP contribution in [-0.2, 0) is 0 Å². The van der Waals surface area contributed by atoms with E-state index in [4.69, 9.17) is 0 Å². The molecule has 1 N–H and O–H groups in total. The molecule has 6 heteroatoms. The van der Waals surface area contributed by atoms with E-state index in [1.807, 2.05) is 29.2 Å². The summed E-state index contributed by atoms with van der Waals surface area (Å²) >= 11 is 0. The molecule has 1 fully saturated rings. The number of amides is 2. The maximum absolute atomic E-state index is 12.7. The number of urea groups is 1. The van der Waals surface area contributed by atoms with Crippen molar-refractivity contribution in [3.63, 3.8) is 0 Å². The van der Waals surface area contributed by atoms with E-state index in [1.54, 1.807) is 0 Å². The van der Waals surface area contributed by atoms with Crippen molar-refractivity contribution >= 4 is 17.5 Å². The molecule has 3 aromatic rings. The molecule has 0 bridgehead atoms. The lowest BCUT2D eigenvalue weighted by Crippen LogP contribution is -2.50. The Kier molecular flexibility index (Phi) is 6.63. The van der Waals surface area contributed by atoms with E-state index in [1.165, 1.54) is 22.3 Å². The molecular weight excluding hydrogens is 410 g/mol. The van der Waals surface area contributed by atoms with Crippen LogP contribution < -0.4 is 10.2 Å². The lowest BCUT2D eigenvalue weighted by molar-refractivity contribution is 0.208. The standard InChI is InChI=1S/C27H33N5O/c1-18(2)22-6-8-23(9-7-22)28-27(33)32-14-12-31(13-15-32)26-11-10-25(29-30-26)24-17-20(4)19(3)16-21(24)5/h6-11,16-18H,12-15H2,1-5H3,(H,28,33). The number of benzene rings is 2. The summed E-state index contributed by atoms with van der Waals surface area (Å²) in [6, 6.07) is 16.5. The highest BCUT2D eigenvalue weighted by Gasteiger charge is 2.22. The largest absolute Gasteiger partial charge is 0.352 e. The van der Waals surface area contributed by atoms with Crippen molar-refractivity contribution in [2.24, 2.45) is 0 Å². The zero-order valence-corrected chi connectivity index (χ0v) is 20.2. The highest BCUT2D eigenvalue weighted by atomic mass is 16.2. The Morgan fingerprint density at radius 1 is 0.848 bits per heavy atom. The number of aromatic nitrogens is 2. The summed E-state index contributed by atoms with van der Waals surface area (Å²) in [5.41, 5.74) is 7.86. The molecule has 172 valence electrons. The third-order valence-corrected chi connectivity index (χ3v) is 6.49. The van der Waals surface area contributed by atoms with Crippen LogP contribution >= 0.6 is 0 Å². The number of anilines is 2. The first-order chi connectivity index (χ1) is 15.8. The number of carbonyl (C=O) groups excluding carboxylic acids is 1. The van der Waals surface area contributed by atoms with E-state index in [9.17, 15) is 4.79 Å². The molecule has 1 aliphatic rings. The van der Waals surface area contributed by atoms with E-state index in [2.05, 4.69) is 79.3 Å². The summed E-state index contributed by atoms with van der Waals surface area (Å²) in [5, 5.41) is 12.0. The molecule has 2 amide bonds. The van der Waals surface area contributed by atoms with Crippen LogP contribution in [0.2, 0.25) is 0 Å². The van der Waals surface area contributed by atoms with Crippen LogP contribution in [0.3, 0.4) is 0 Å². The van der Waals surface area contributed by atoms with Gasteiger partial charge in [0.2, 0.25) is 0 Å². The smallest absolute Gasteiger partial charge is 0.321 e. The zero-order chi connectivity index (χ0) is 23.5. The van der Waals surface area contributed by atoms with Crippen molar-refractivity contribution < 1.29 is 4.79 Å². The lowest BCUT2D eigenvalue weighted by Gasteiger charge is -2.35. The Morgan fingerprint density at radius 2 is 1.52 bits per heavy atom. The van der Waals surface area contributed by atoms with Gasteiger partial charge in [0.1, 0.15) is 0 Å². The van der Waals surface area contributed by atoms with Gasteiger partial charge in [0, 0.05) is 37.4 Å². The number of piperazine rings is 1. The van der Waals surface area contributed by atoms with Gasteiger partial charge in [0.15, 0.2) is 5.82 Å². The van der Waals surface area contributed by atoms with Crippen molar-refractivity contribution in [2.75, 3.05) is 36.4 Å². The quantitative estimate of drug-likeness (QED) is 0.575. The molecule has 0 spiro atoms. The van der Waals surface area contributed by atoms with Crippen molar-refractivity contribution in [3.8, 4) is 11.3 Å². The molecule has 33 heavy (non-hydrogen) atoms. The summed E-state index contributed by atoms with van der Waals surface area (Å²) in [5.74, 6) is 1.33. The SMILES string of the molecule is Cc1cc(C)c(-c2ccc(N3CCN(C(=O)Nc4ccc(C(C)C)cc4)CC3)nn2)cc1C. The molecule has 1 aliphatic heterocycles. The van der Waals surface area contributed by atoms with Crippen molar-refractivity contribution in [2.45, 2.75) is 40.5 Å². The summed E-state index contributed by atoms with van der Waals surface area (Å²) in [6.07, 6.45) is 0. The van der Waals surface area contributed by atoms with Gasteiger partial charge < -0.3 is 15.1 Å². The minimum absolute atomic E-state index is 0.0569. The molecule has 0 unspecified atom stereocenters. The monoisotopic (exact) mass is 443 g/mol. The maximum atomic E-state index is 12.7. The molecule has 0 atom stereocenters. The fourth-order valence-electron chi connectivity index (χ4n) is 4.17. The van der Waals surface area contributed by atoms with Crippen LogP contribution in [-0.4, -0.2) is 47.3 Å². The Balaban J connectivity index is 1.35. The predicted octanol–water partition coefficient (Wildman–Crippen LogP) is 5.55. The second-order valence-electron chi connectivity index (χ2n) is 9.21. The van der Waals surface area contributed by atoms with Crippen molar-refractivity contribution in [1.29, 1.82) is 0 Å². The summed E-state index contributed by atoms with van der Waals surface area (Å²) in [4.78, 5) is 16.7. The second kappa shape index (κ2) is 9.61. The Hall–Kier alpha value is -3.41. The summed E-state index contributed by atoms with van der Waals surface area (Å²) in [7, 11) is 0. The lowest BCUT2D eigenvalue weighted by atomic mass is 9.99. The van der Waals surface area contributed by atoms with E-state index >= 15 is 0 Å². The van der Waals surface area contributed by atoms with Crippen molar-refractivity contribution in [3.05, 3.63) is 70.8 Å². The Bertz CT molecular complexity index is 1110. The van der Waals surface area contributed by atoms with Gasteiger partial charge in [-0.1, -0.05) is 32.0 Å². The van der Waals surface area contributed by atoms with Crippen LogP contribution in [0.1, 0.15) is 42.0 Å². The van der Waals surface area contributed by atoms with Crippen LogP contribution in [0, 0.1) is 20.8 Å². The van der Waals surface area contributed by atoms with Crippen LogP contribution in [0.5, 0.6) is 0 Å². The molecule has 0 aliphatic carbocycles. The average Bonchev–Trinajstić information content (AvgIpc) is 2.82. The van der Waals surface area contributed by atoms with Gasteiger partial charge in [-0.2, -0.15) is 0 Å². The summed E-state index contributed by atoms with van der Waals surface area (Å²) in [6.45, 7) is 13.4. The molecule has 2 heterocycles. The first-order valence-corrected chi connectivity index (χ1v) is 11.6. The Morgan fingerprint density at radius 3 is 2.12 bits per heavy atom. The van der Waals surface area contributed by atoms with Crippen molar-refractivity contribution in [1.82, 2.24) is 15.1 Å². The third kappa shape index (κ3) is 5.16. The van der Waals surface area contributed by atoms with Gasteiger partial charge >= 0.3 is 6.03 Å².